The minimum atomic E-state index is 0.537. The van der Waals surface area contributed by atoms with Crippen LogP contribution in [0.25, 0.3) is 0 Å². The Kier molecular flexibility index (Phi) is 2.68. The molecule has 0 saturated carbocycles. The number of aldehydes is 1. The van der Waals surface area contributed by atoms with Crippen molar-refractivity contribution >= 4 is 18.0 Å². The quantitative estimate of drug-likeness (QED) is 0.734. The van der Waals surface area contributed by atoms with Crippen LogP contribution in [0.5, 0.6) is 0 Å². The molecule has 13 heavy (non-hydrogen) atoms. The average molecular weight is 196 g/mol. The van der Waals surface area contributed by atoms with Crippen LogP contribution < -0.4 is 0 Å². The number of hydrogen-bond acceptors (Lipinski definition) is 3. The minimum absolute atomic E-state index is 0.537. The highest BCUT2D eigenvalue weighted by Crippen LogP contribution is 2.29. The third kappa shape index (κ3) is 1.94. The average Bonchev–Trinajstić information content (AvgIpc) is 2.67. The Morgan fingerprint density at radius 2 is 2.31 bits per heavy atom. The third-order valence-corrected chi connectivity index (χ3v) is 3.40. The molecule has 70 valence electrons. The fourth-order valence-electron chi connectivity index (χ4n) is 1.59. The zero-order chi connectivity index (χ0) is 9.10. The monoisotopic (exact) mass is 196 g/mol. The van der Waals surface area contributed by atoms with E-state index >= 15 is 0 Å². The Balaban J connectivity index is 2.09. The molecule has 0 radical (unpaired) electrons. The summed E-state index contributed by atoms with van der Waals surface area (Å²) in [6.07, 6.45) is 4.78. The molecule has 1 N–H and O–H groups in total. The molecule has 1 fully saturated rings. The molecule has 1 aromatic rings. The lowest BCUT2D eigenvalue weighted by molar-refractivity contribution is 0.111. The Hall–Kier alpha value is -0.770. The van der Waals surface area contributed by atoms with Gasteiger partial charge in [0.15, 0.2) is 6.29 Å². The van der Waals surface area contributed by atoms with Crippen LogP contribution in [-0.2, 0) is 0 Å². The highest BCUT2D eigenvalue weighted by molar-refractivity contribution is 7.99. The summed E-state index contributed by atoms with van der Waals surface area (Å²) in [4.78, 5) is 17.7. The van der Waals surface area contributed by atoms with Crippen LogP contribution >= 0.6 is 11.8 Å². The van der Waals surface area contributed by atoms with Crippen molar-refractivity contribution in [2.75, 3.05) is 11.5 Å². The van der Waals surface area contributed by atoms with Gasteiger partial charge in [-0.3, -0.25) is 4.79 Å². The third-order valence-electron chi connectivity index (χ3n) is 2.35. The number of hydrogen-bond donors (Lipinski definition) is 1. The van der Waals surface area contributed by atoms with E-state index in [4.69, 9.17) is 0 Å². The molecule has 1 aliphatic rings. The zero-order valence-corrected chi connectivity index (χ0v) is 8.14. The molecule has 0 unspecified atom stereocenters. The number of nitrogens with one attached hydrogen (secondary N) is 1. The first-order valence-electron chi connectivity index (χ1n) is 4.48. The first kappa shape index (κ1) is 8.81. The number of aromatic amines is 1. The lowest BCUT2D eigenvalue weighted by Crippen LogP contribution is -2.09. The van der Waals surface area contributed by atoms with Crippen molar-refractivity contribution in [3.8, 4) is 0 Å². The molecule has 0 atom stereocenters. The number of imidazole rings is 1. The topological polar surface area (TPSA) is 45.8 Å². The number of aromatic nitrogens is 2. The van der Waals surface area contributed by atoms with E-state index in [-0.39, 0.29) is 0 Å². The summed E-state index contributed by atoms with van der Waals surface area (Å²) in [5.41, 5.74) is 0.591. The second kappa shape index (κ2) is 3.96. The Labute approximate surface area is 81.3 Å². The first-order valence-corrected chi connectivity index (χ1v) is 5.63. The second-order valence-electron chi connectivity index (χ2n) is 3.23. The highest BCUT2D eigenvalue weighted by atomic mass is 32.2. The lowest BCUT2D eigenvalue weighted by atomic mass is 10.0. The fourth-order valence-corrected chi connectivity index (χ4v) is 2.70. The van der Waals surface area contributed by atoms with Crippen LogP contribution in [0.1, 0.15) is 35.1 Å². The van der Waals surface area contributed by atoms with Gasteiger partial charge < -0.3 is 4.98 Å². The summed E-state index contributed by atoms with van der Waals surface area (Å²) >= 11 is 1.99. The van der Waals surface area contributed by atoms with E-state index < -0.39 is 0 Å². The van der Waals surface area contributed by atoms with Crippen LogP contribution in [0.15, 0.2) is 6.20 Å². The highest BCUT2D eigenvalue weighted by Gasteiger charge is 2.18. The van der Waals surface area contributed by atoms with Crippen molar-refractivity contribution in [3.05, 3.63) is 17.7 Å². The van der Waals surface area contributed by atoms with E-state index in [2.05, 4.69) is 9.97 Å². The molecular formula is C9H12N2OS. The van der Waals surface area contributed by atoms with E-state index in [1.807, 2.05) is 11.8 Å². The van der Waals surface area contributed by atoms with Crippen LogP contribution in [0, 0.1) is 0 Å². The van der Waals surface area contributed by atoms with E-state index in [0.717, 1.165) is 12.1 Å². The summed E-state index contributed by atoms with van der Waals surface area (Å²) in [6, 6.07) is 0. The molecular weight excluding hydrogens is 184 g/mol. The van der Waals surface area contributed by atoms with Crippen molar-refractivity contribution in [1.29, 1.82) is 0 Å². The normalized spacial score (nSPS) is 18.8. The number of nitrogens with zero attached hydrogens (tertiary/aromatic N) is 1. The first-order chi connectivity index (χ1) is 6.40. The summed E-state index contributed by atoms with van der Waals surface area (Å²) < 4.78 is 0. The van der Waals surface area contributed by atoms with Crippen molar-refractivity contribution in [2.45, 2.75) is 18.8 Å². The smallest absolute Gasteiger partial charge is 0.167 e. The maximum Gasteiger partial charge on any atom is 0.167 e. The molecule has 0 aromatic carbocycles. The van der Waals surface area contributed by atoms with Crippen LogP contribution in [0.2, 0.25) is 0 Å². The van der Waals surface area contributed by atoms with Crippen LogP contribution in [0.3, 0.4) is 0 Å². The minimum Gasteiger partial charge on any atom is -0.340 e. The van der Waals surface area contributed by atoms with Gasteiger partial charge >= 0.3 is 0 Å². The number of carbonyl (C=O) groups excluding carboxylic acids is 1. The molecule has 1 saturated heterocycles. The molecule has 4 heteroatoms. The predicted molar refractivity (Wildman–Crippen MR) is 53.3 cm³/mol. The maximum atomic E-state index is 10.4. The molecule has 0 amide bonds. The summed E-state index contributed by atoms with van der Waals surface area (Å²) in [6.45, 7) is 0. The van der Waals surface area contributed by atoms with Gasteiger partial charge in [0.2, 0.25) is 0 Å². The van der Waals surface area contributed by atoms with Crippen molar-refractivity contribution < 1.29 is 4.79 Å². The van der Waals surface area contributed by atoms with Crippen LogP contribution in [0.4, 0.5) is 0 Å². The number of rotatable bonds is 2. The van der Waals surface area contributed by atoms with Gasteiger partial charge in [-0.15, -0.1) is 0 Å². The van der Waals surface area contributed by atoms with Crippen molar-refractivity contribution in [2.24, 2.45) is 0 Å². The predicted octanol–water partition coefficient (Wildman–Crippen LogP) is 1.83. The second-order valence-corrected chi connectivity index (χ2v) is 4.45. The van der Waals surface area contributed by atoms with Gasteiger partial charge in [-0.05, 0) is 24.3 Å². The molecule has 1 aliphatic heterocycles. The molecule has 0 spiro atoms. The van der Waals surface area contributed by atoms with Crippen molar-refractivity contribution in [1.82, 2.24) is 9.97 Å². The van der Waals surface area contributed by atoms with Gasteiger partial charge in [0.05, 0.1) is 11.9 Å². The van der Waals surface area contributed by atoms with E-state index in [0.29, 0.717) is 11.6 Å². The van der Waals surface area contributed by atoms with Gasteiger partial charge in [-0.1, -0.05) is 0 Å². The Bertz CT molecular complexity index is 292. The maximum absolute atomic E-state index is 10.4. The van der Waals surface area contributed by atoms with Gasteiger partial charge in [0.25, 0.3) is 0 Å². The molecule has 2 rings (SSSR count). The fraction of sp³-hybridized carbons (Fsp3) is 0.556. The van der Waals surface area contributed by atoms with E-state index in [9.17, 15) is 4.79 Å². The summed E-state index contributed by atoms with van der Waals surface area (Å²) in [7, 11) is 0. The van der Waals surface area contributed by atoms with E-state index in [1.165, 1.54) is 24.3 Å². The van der Waals surface area contributed by atoms with Gasteiger partial charge in [-0.2, -0.15) is 11.8 Å². The number of carbonyl (C=O) groups is 1. The molecule has 3 nitrogen and oxygen atoms in total. The zero-order valence-electron chi connectivity index (χ0n) is 7.32. The molecule has 0 bridgehead atoms. The Morgan fingerprint density at radius 1 is 1.54 bits per heavy atom. The van der Waals surface area contributed by atoms with Gasteiger partial charge in [0.1, 0.15) is 5.82 Å². The molecule has 2 heterocycles. The van der Waals surface area contributed by atoms with Gasteiger partial charge in [-0.25, -0.2) is 4.98 Å². The largest absolute Gasteiger partial charge is 0.340 e. The van der Waals surface area contributed by atoms with Crippen LogP contribution in [-0.4, -0.2) is 27.8 Å². The standard InChI is InChI=1S/C9H12N2OS/c12-6-8-5-10-9(11-8)7-1-3-13-4-2-7/h5-7H,1-4H2,(H,10,11). The van der Waals surface area contributed by atoms with Crippen molar-refractivity contribution in [3.63, 3.8) is 0 Å². The molecule has 0 aliphatic carbocycles. The summed E-state index contributed by atoms with van der Waals surface area (Å²) in [5, 5.41) is 0. The number of H-pyrrole nitrogens is 1. The summed E-state index contributed by atoms with van der Waals surface area (Å²) in [5.74, 6) is 3.95. The Morgan fingerprint density at radius 3 is 2.92 bits per heavy atom. The number of thioether (sulfide) groups is 1. The van der Waals surface area contributed by atoms with E-state index in [1.54, 1.807) is 6.20 Å². The lowest BCUT2D eigenvalue weighted by Gasteiger charge is -2.18. The van der Waals surface area contributed by atoms with Gasteiger partial charge in [0, 0.05) is 5.92 Å². The SMILES string of the molecule is O=Cc1cnc(C2CCSCC2)[nH]1. The molecule has 1 aromatic heterocycles.